The second kappa shape index (κ2) is 4.91. The summed E-state index contributed by atoms with van der Waals surface area (Å²) >= 11 is 0. The van der Waals surface area contributed by atoms with E-state index in [9.17, 15) is 0 Å². The third kappa shape index (κ3) is 2.34. The number of hydrogen-bond donors (Lipinski definition) is 1. The van der Waals surface area contributed by atoms with E-state index in [4.69, 9.17) is 0 Å². The summed E-state index contributed by atoms with van der Waals surface area (Å²) in [5, 5.41) is 3.75. The van der Waals surface area contributed by atoms with Crippen molar-refractivity contribution in [3.8, 4) is 0 Å². The molecule has 3 aliphatic carbocycles. The second-order valence-electron chi connectivity index (χ2n) is 6.24. The first-order valence-electron chi connectivity index (χ1n) is 7.27. The number of allylic oxidation sites excluding steroid dienone is 2. The van der Waals surface area contributed by atoms with Crippen molar-refractivity contribution in [1.82, 2.24) is 5.32 Å². The number of hydrogen-bond acceptors (Lipinski definition) is 1. The quantitative estimate of drug-likeness (QED) is 0.715. The van der Waals surface area contributed by atoms with Crippen molar-refractivity contribution < 1.29 is 0 Å². The Bertz CT molecular complexity index is 258. The van der Waals surface area contributed by atoms with Crippen LogP contribution in [0.3, 0.4) is 0 Å². The van der Waals surface area contributed by atoms with Gasteiger partial charge in [0.1, 0.15) is 0 Å². The minimum atomic E-state index is 0.920. The Morgan fingerprint density at radius 2 is 2.00 bits per heavy atom. The molecule has 0 aromatic carbocycles. The highest BCUT2D eigenvalue weighted by Gasteiger charge is 2.38. The van der Waals surface area contributed by atoms with Crippen molar-refractivity contribution in [2.75, 3.05) is 13.1 Å². The highest BCUT2D eigenvalue weighted by Crippen LogP contribution is 2.47. The average Bonchev–Trinajstić information content (AvgIpc) is 2.92. The molecule has 0 heterocycles. The first kappa shape index (κ1) is 10.8. The number of fused-ring (bicyclic) bond motifs is 2. The monoisotopic (exact) mass is 219 g/mol. The van der Waals surface area contributed by atoms with Gasteiger partial charge in [-0.25, -0.2) is 0 Å². The first-order chi connectivity index (χ1) is 7.92. The molecule has 3 rings (SSSR count). The zero-order valence-electron chi connectivity index (χ0n) is 10.3. The molecule has 4 unspecified atom stereocenters. The molecule has 0 aromatic heterocycles. The van der Waals surface area contributed by atoms with Gasteiger partial charge >= 0.3 is 0 Å². The van der Waals surface area contributed by atoms with E-state index in [1.165, 1.54) is 51.6 Å². The largest absolute Gasteiger partial charge is 0.316 e. The van der Waals surface area contributed by atoms with Crippen LogP contribution in [-0.2, 0) is 0 Å². The Morgan fingerprint density at radius 1 is 1.00 bits per heavy atom. The highest BCUT2D eigenvalue weighted by molar-refractivity contribution is 4.92. The van der Waals surface area contributed by atoms with Crippen LogP contribution < -0.4 is 5.32 Å². The fourth-order valence-corrected chi connectivity index (χ4v) is 4.14. The van der Waals surface area contributed by atoms with E-state index in [-0.39, 0.29) is 0 Å². The molecule has 0 radical (unpaired) electrons. The van der Waals surface area contributed by atoms with Crippen LogP contribution in [0, 0.1) is 23.7 Å². The molecule has 0 saturated heterocycles. The molecule has 90 valence electrons. The van der Waals surface area contributed by atoms with E-state index >= 15 is 0 Å². The van der Waals surface area contributed by atoms with Gasteiger partial charge in [-0.3, -0.25) is 0 Å². The van der Waals surface area contributed by atoms with E-state index in [1.807, 2.05) is 0 Å². The van der Waals surface area contributed by atoms with Gasteiger partial charge in [-0.2, -0.15) is 0 Å². The Balaban J connectivity index is 1.36. The average molecular weight is 219 g/mol. The van der Waals surface area contributed by atoms with Crippen LogP contribution in [0.5, 0.6) is 0 Å². The minimum absolute atomic E-state index is 0.920. The van der Waals surface area contributed by atoms with E-state index in [0.29, 0.717) is 0 Å². The van der Waals surface area contributed by atoms with Gasteiger partial charge in [-0.1, -0.05) is 18.6 Å². The lowest BCUT2D eigenvalue weighted by molar-refractivity contribution is 0.308. The zero-order chi connectivity index (χ0) is 10.8. The smallest absolute Gasteiger partial charge is 0.00173 e. The normalized spacial score (nSPS) is 41.8. The van der Waals surface area contributed by atoms with E-state index < -0.39 is 0 Å². The summed E-state index contributed by atoms with van der Waals surface area (Å²) in [6.45, 7) is 2.57. The molecule has 16 heavy (non-hydrogen) atoms. The van der Waals surface area contributed by atoms with Crippen LogP contribution in [0.4, 0.5) is 0 Å². The maximum Gasteiger partial charge on any atom is -0.00173 e. The van der Waals surface area contributed by atoms with Crippen molar-refractivity contribution in [2.24, 2.45) is 23.7 Å². The Labute approximate surface area is 99.7 Å². The van der Waals surface area contributed by atoms with Gasteiger partial charge in [0.05, 0.1) is 0 Å². The molecule has 2 bridgehead atoms. The molecule has 2 fully saturated rings. The summed E-state index contributed by atoms with van der Waals surface area (Å²) in [5.41, 5.74) is 0. The lowest BCUT2D eigenvalue weighted by Gasteiger charge is -2.24. The Kier molecular flexibility index (Phi) is 3.32. The molecule has 1 heteroatoms. The van der Waals surface area contributed by atoms with Crippen molar-refractivity contribution >= 4 is 0 Å². The second-order valence-corrected chi connectivity index (χ2v) is 6.24. The minimum Gasteiger partial charge on any atom is -0.316 e. The van der Waals surface area contributed by atoms with Crippen molar-refractivity contribution in [3.05, 3.63) is 12.2 Å². The van der Waals surface area contributed by atoms with Crippen LogP contribution in [0.25, 0.3) is 0 Å². The zero-order valence-corrected chi connectivity index (χ0v) is 10.3. The fourth-order valence-electron chi connectivity index (χ4n) is 4.14. The predicted molar refractivity (Wildman–Crippen MR) is 68.3 cm³/mol. The summed E-state index contributed by atoms with van der Waals surface area (Å²) < 4.78 is 0. The topological polar surface area (TPSA) is 12.0 Å². The molecule has 4 atom stereocenters. The van der Waals surface area contributed by atoms with Gasteiger partial charge in [0.25, 0.3) is 0 Å². The van der Waals surface area contributed by atoms with Crippen molar-refractivity contribution in [1.29, 1.82) is 0 Å². The standard InChI is InChI=1S/C15H25N/c1-2-4-12(5-3-1)10-16-11-15-9-13-6-7-14(15)8-13/h1-2,12-16H,3-11H2. The van der Waals surface area contributed by atoms with Gasteiger partial charge in [-0.05, 0) is 75.3 Å². The summed E-state index contributed by atoms with van der Waals surface area (Å²) in [6, 6.07) is 0. The van der Waals surface area contributed by atoms with Crippen LogP contribution >= 0.6 is 0 Å². The lowest BCUT2D eigenvalue weighted by atomic mass is 9.88. The molecular weight excluding hydrogens is 194 g/mol. The van der Waals surface area contributed by atoms with Crippen LogP contribution in [0.1, 0.15) is 44.9 Å². The first-order valence-corrected chi connectivity index (χ1v) is 7.27. The van der Waals surface area contributed by atoms with Crippen molar-refractivity contribution in [2.45, 2.75) is 44.9 Å². The summed E-state index contributed by atoms with van der Waals surface area (Å²) in [4.78, 5) is 0. The molecule has 3 aliphatic rings. The molecule has 2 saturated carbocycles. The van der Waals surface area contributed by atoms with Crippen molar-refractivity contribution in [3.63, 3.8) is 0 Å². The SMILES string of the molecule is C1=CCC(CNCC2CC3CCC2C3)CC1. The van der Waals surface area contributed by atoms with Gasteiger partial charge < -0.3 is 5.32 Å². The summed E-state index contributed by atoms with van der Waals surface area (Å²) in [6.07, 6.45) is 14.9. The van der Waals surface area contributed by atoms with Gasteiger partial charge in [-0.15, -0.1) is 0 Å². The molecule has 0 amide bonds. The molecule has 1 N–H and O–H groups in total. The maximum absolute atomic E-state index is 3.75. The van der Waals surface area contributed by atoms with E-state index in [2.05, 4.69) is 17.5 Å². The van der Waals surface area contributed by atoms with E-state index in [1.54, 1.807) is 6.42 Å². The molecule has 0 aliphatic heterocycles. The predicted octanol–water partition coefficient (Wildman–Crippen LogP) is 3.37. The summed E-state index contributed by atoms with van der Waals surface area (Å²) in [5.74, 6) is 4.14. The third-order valence-electron chi connectivity index (χ3n) is 5.10. The van der Waals surface area contributed by atoms with E-state index in [0.717, 1.165) is 23.7 Å². The number of nitrogens with one attached hydrogen (secondary N) is 1. The Hall–Kier alpha value is -0.300. The molecule has 0 spiro atoms. The fraction of sp³-hybridized carbons (Fsp3) is 0.867. The van der Waals surface area contributed by atoms with Crippen LogP contribution in [0.2, 0.25) is 0 Å². The summed E-state index contributed by atoms with van der Waals surface area (Å²) in [7, 11) is 0. The number of rotatable bonds is 4. The maximum atomic E-state index is 3.75. The van der Waals surface area contributed by atoms with Crippen LogP contribution in [0.15, 0.2) is 12.2 Å². The Morgan fingerprint density at radius 3 is 2.69 bits per heavy atom. The van der Waals surface area contributed by atoms with Crippen LogP contribution in [-0.4, -0.2) is 13.1 Å². The van der Waals surface area contributed by atoms with Gasteiger partial charge in [0.15, 0.2) is 0 Å². The lowest BCUT2D eigenvalue weighted by Crippen LogP contribution is -2.30. The highest BCUT2D eigenvalue weighted by atomic mass is 14.9. The van der Waals surface area contributed by atoms with Gasteiger partial charge in [0, 0.05) is 0 Å². The molecular formula is C15H25N. The molecule has 0 aromatic rings. The molecule has 1 nitrogen and oxygen atoms in total. The van der Waals surface area contributed by atoms with Gasteiger partial charge in [0.2, 0.25) is 0 Å². The third-order valence-corrected chi connectivity index (χ3v) is 5.10.